The number of carbonyl (C=O) groups is 2. The molecular weight excluding hydrogens is 328 g/mol. The molecule has 0 bridgehead atoms. The van der Waals surface area contributed by atoms with Crippen molar-refractivity contribution in [3.8, 4) is 0 Å². The third-order valence-electron chi connectivity index (χ3n) is 3.35. The molecule has 2 rings (SSSR count). The highest BCUT2D eigenvalue weighted by molar-refractivity contribution is 9.10. The summed E-state index contributed by atoms with van der Waals surface area (Å²) in [4.78, 5) is 25.8. The van der Waals surface area contributed by atoms with Crippen molar-refractivity contribution in [3.63, 3.8) is 0 Å². The maximum atomic E-state index is 12.3. The highest BCUT2D eigenvalue weighted by Crippen LogP contribution is 2.26. The average molecular weight is 345 g/mol. The van der Waals surface area contributed by atoms with Crippen molar-refractivity contribution in [1.29, 1.82) is 0 Å². The molecule has 1 aromatic heterocycles. The van der Waals surface area contributed by atoms with Gasteiger partial charge in [-0.25, -0.2) is 0 Å². The lowest BCUT2D eigenvalue weighted by atomic mass is 9.96. The zero-order valence-electron chi connectivity index (χ0n) is 10.8. The highest BCUT2D eigenvalue weighted by atomic mass is 79.9. The van der Waals surface area contributed by atoms with Crippen LogP contribution < -0.4 is 5.32 Å². The van der Waals surface area contributed by atoms with E-state index in [1.54, 1.807) is 0 Å². The summed E-state index contributed by atoms with van der Waals surface area (Å²) in [7, 11) is 0. The second-order valence-electron chi connectivity index (χ2n) is 4.77. The molecule has 1 N–H and O–H groups in total. The summed E-state index contributed by atoms with van der Waals surface area (Å²) in [5, 5.41) is 4.77. The molecule has 2 heterocycles. The lowest BCUT2D eigenvalue weighted by molar-refractivity contribution is -0.119. The van der Waals surface area contributed by atoms with E-state index in [0.717, 1.165) is 41.8 Å². The van der Waals surface area contributed by atoms with E-state index in [4.69, 9.17) is 0 Å². The van der Waals surface area contributed by atoms with E-state index in [1.807, 2.05) is 16.3 Å². The number of halogens is 1. The van der Waals surface area contributed by atoms with E-state index < -0.39 is 0 Å². The van der Waals surface area contributed by atoms with Crippen LogP contribution in [-0.4, -0.2) is 36.3 Å². The Morgan fingerprint density at radius 2 is 2.16 bits per heavy atom. The number of rotatable bonds is 3. The number of amides is 2. The van der Waals surface area contributed by atoms with Crippen LogP contribution in [-0.2, 0) is 4.79 Å². The van der Waals surface area contributed by atoms with Crippen molar-refractivity contribution in [3.05, 3.63) is 20.8 Å². The summed E-state index contributed by atoms with van der Waals surface area (Å²) in [6, 6.07) is 1.90. The van der Waals surface area contributed by atoms with Gasteiger partial charge in [0.15, 0.2) is 0 Å². The Morgan fingerprint density at radius 3 is 2.68 bits per heavy atom. The van der Waals surface area contributed by atoms with Gasteiger partial charge in [-0.15, -0.1) is 11.3 Å². The van der Waals surface area contributed by atoms with Crippen molar-refractivity contribution >= 4 is 39.1 Å². The smallest absolute Gasteiger partial charge is 0.265 e. The normalized spacial score (nSPS) is 16.4. The van der Waals surface area contributed by atoms with Gasteiger partial charge in [-0.1, -0.05) is 0 Å². The second kappa shape index (κ2) is 6.52. The van der Waals surface area contributed by atoms with Crippen molar-refractivity contribution in [1.82, 2.24) is 10.2 Å². The van der Waals surface area contributed by atoms with Gasteiger partial charge in [0.25, 0.3) is 5.91 Å². The standard InChI is InChI=1S/C13H17BrN2O2S/c1-9(17)15-8-10-2-5-16(6-3-10)13(18)12-11(14)4-7-19-12/h4,7,10H,2-3,5-6,8H2,1H3,(H,15,17). The maximum Gasteiger partial charge on any atom is 0.265 e. The second-order valence-corrected chi connectivity index (χ2v) is 6.54. The third-order valence-corrected chi connectivity index (χ3v) is 5.18. The van der Waals surface area contributed by atoms with Crippen molar-refractivity contribution in [2.24, 2.45) is 5.92 Å². The maximum absolute atomic E-state index is 12.3. The summed E-state index contributed by atoms with van der Waals surface area (Å²) < 4.78 is 0.878. The minimum Gasteiger partial charge on any atom is -0.356 e. The van der Waals surface area contributed by atoms with Gasteiger partial charge in [-0.3, -0.25) is 9.59 Å². The zero-order chi connectivity index (χ0) is 13.8. The Bertz CT molecular complexity index is 467. The van der Waals surface area contributed by atoms with E-state index in [0.29, 0.717) is 5.92 Å². The van der Waals surface area contributed by atoms with Crippen molar-refractivity contribution in [2.75, 3.05) is 19.6 Å². The molecule has 0 atom stereocenters. The van der Waals surface area contributed by atoms with Gasteiger partial charge >= 0.3 is 0 Å². The van der Waals surface area contributed by atoms with Crippen LogP contribution in [0.5, 0.6) is 0 Å². The molecule has 1 aliphatic heterocycles. The average Bonchev–Trinajstić information content (AvgIpc) is 2.82. The first-order valence-corrected chi connectivity index (χ1v) is 8.02. The van der Waals surface area contributed by atoms with Crippen molar-refractivity contribution < 1.29 is 9.59 Å². The summed E-state index contributed by atoms with van der Waals surface area (Å²) >= 11 is 4.87. The number of nitrogens with one attached hydrogen (secondary N) is 1. The number of thiophene rings is 1. The highest BCUT2D eigenvalue weighted by Gasteiger charge is 2.25. The van der Waals surface area contributed by atoms with Crippen LogP contribution in [0.2, 0.25) is 0 Å². The lowest BCUT2D eigenvalue weighted by Crippen LogP contribution is -2.41. The molecule has 0 spiro atoms. The van der Waals surface area contributed by atoms with Gasteiger partial charge in [-0.05, 0) is 46.1 Å². The molecule has 1 aromatic rings. The van der Waals surface area contributed by atoms with Crippen LogP contribution in [0.1, 0.15) is 29.4 Å². The van der Waals surface area contributed by atoms with Gasteiger partial charge in [0, 0.05) is 31.0 Å². The molecule has 0 aromatic carbocycles. The number of nitrogens with zero attached hydrogens (tertiary/aromatic N) is 1. The first kappa shape index (κ1) is 14.5. The predicted molar refractivity (Wildman–Crippen MR) is 79.3 cm³/mol. The molecule has 0 saturated carbocycles. The molecule has 1 aliphatic rings. The molecule has 4 nitrogen and oxygen atoms in total. The van der Waals surface area contributed by atoms with Gasteiger partial charge in [-0.2, -0.15) is 0 Å². The van der Waals surface area contributed by atoms with E-state index in [-0.39, 0.29) is 11.8 Å². The Kier molecular flexibility index (Phi) is 4.99. The molecule has 0 radical (unpaired) electrons. The molecule has 1 fully saturated rings. The number of piperidine rings is 1. The first-order chi connectivity index (χ1) is 9.08. The van der Waals surface area contributed by atoms with Gasteiger partial charge in [0.05, 0.1) is 0 Å². The van der Waals surface area contributed by atoms with Crippen LogP contribution in [0.4, 0.5) is 0 Å². The van der Waals surface area contributed by atoms with Crippen LogP contribution in [0.25, 0.3) is 0 Å². The van der Waals surface area contributed by atoms with Crippen LogP contribution >= 0.6 is 27.3 Å². The van der Waals surface area contributed by atoms with Gasteiger partial charge in [0.2, 0.25) is 5.91 Å². The summed E-state index contributed by atoms with van der Waals surface area (Å²) in [5.74, 6) is 0.612. The van der Waals surface area contributed by atoms with Crippen molar-refractivity contribution in [2.45, 2.75) is 19.8 Å². The Morgan fingerprint density at radius 1 is 1.47 bits per heavy atom. The molecule has 2 amide bonds. The van der Waals surface area contributed by atoms with E-state index in [9.17, 15) is 9.59 Å². The van der Waals surface area contributed by atoms with E-state index in [1.165, 1.54) is 18.3 Å². The fraction of sp³-hybridized carbons (Fsp3) is 0.538. The number of likely N-dealkylation sites (tertiary alicyclic amines) is 1. The molecular formula is C13H17BrN2O2S. The molecule has 19 heavy (non-hydrogen) atoms. The SMILES string of the molecule is CC(=O)NCC1CCN(C(=O)c2sccc2Br)CC1. The van der Waals surface area contributed by atoms with Gasteiger partial charge in [0.1, 0.15) is 4.88 Å². The predicted octanol–water partition coefficient (Wildman–Crippen LogP) is 2.50. The summed E-state index contributed by atoms with van der Waals surface area (Å²) in [5.41, 5.74) is 0. The minimum absolute atomic E-state index is 0.0148. The topological polar surface area (TPSA) is 49.4 Å². The third kappa shape index (κ3) is 3.79. The summed E-state index contributed by atoms with van der Waals surface area (Å²) in [6.45, 7) is 3.80. The fourth-order valence-corrected chi connectivity index (χ4v) is 3.73. The van der Waals surface area contributed by atoms with Crippen LogP contribution in [0.15, 0.2) is 15.9 Å². The lowest BCUT2D eigenvalue weighted by Gasteiger charge is -2.31. The largest absolute Gasteiger partial charge is 0.356 e. The Balaban J connectivity index is 1.85. The molecule has 0 unspecified atom stereocenters. The Labute approximate surface area is 125 Å². The zero-order valence-corrected chi connectivity index (χ0v) is 13.2. The molecule has 1 saturated heterocycles. The number of carbonyl (C=O) groups excluding carboxylic acids is 2. The quantitative estimate of drug-likeness (QED) is 0.915. The first-order valence-electron chi connectivity index (χ1n) is 6.34. The van der Waals surface area contributed by atoms with Crippen LogP contribution in [0, 0.1) is 5.92 Å². The molecule has 104 valence electrons. The number of hydrogen-bond acceptors (Lipinski definition) is 3. The molecule has 0 aliphatic carbocycles. The van der Waals surface area contributed by atoms with Crippen LogP contribution in [0.3, 0.4) is 0 Å². The van der Waals surface area contributed by atoms with E-state index >= 15 is 0 Å². The number of hydrogen-bond donors (Lipinski definition) is 1. The Hall–Kier alpha value is -0.880. The fourth-order valence-electron chi connectivity index (χ4n) is 2.22. The van der Waals surface area contributed by atoms with E-state index in [2.05, 4.69) is 21.2 Å². The monoisotopic (exact) mass is 344 g/mol. The van der Waals surface area contributed by atoms with Gasteiger partial charge < -0.3 is 10.2 Å². The molecule has 6 heteroatoms. The summed E-state index contributed by atoms with van der Waals surface area (Å²) in [6.07, 6.45) is 1.91. The minimum atomic E-state index is 0.0148.